The van der Waals surface area contributed by atoms with E-state index in [-0.39, 0.29) is 5.91 Å². The number of carbonyl (C=O) groups is 1. The van der Waals surface area contributed by atoms with Crippen LogP contribution in [0.4, 0.5) is 0 Å². The normalized spacial score (nSPS) is 11.8. The van der Waals surface area contributed by atoms with Crippen molar-refractivity contribution in [3.63, 3.8) is 0 Å². The van der Waals surface area contributed by atoms with Crippen molar-refractivity contribution in [3.05, 3.63) is 73.3 Å². The zero-order valence-corrected chi connectivity index (χ0v) is 18.4. The Hall–Kier alpha value is -1.69. The van der Waals surface area contributed by atoms with E-state index in [9.17, 15) is 4.79 Å². The van der Waals surface area contributed by atoms with Gasteiger partial charge in [-0.05, 0) is 49.2 Å². The van der Waals surface area contributed by atoms with Crippen molar-refractivity contribution in [1.29, 1.82) is 0 Å². The molecule has 0 spiro atoms. The van der Waals surface area contributed by atoms with Crippen LogP contribution in [0.1, 0.15) is 35.5 Å². The summed E-state index contributed by atoms with van der Waals surface area (Å²) in [5.74, 6) is -0.231. The molecule has 0 fully saturated rings. The molecule has 1 amide bonds. The Morgan fingerprint density at radius 3 is 2.56 bits per heavy atom. The van der Waals surface area contributed by atoms with Gasteiger partial charge < -0.3 is 4.57 Å². The van der Waals surface area contributed by atoms with Gasteiger partial charge in [-0.25, -0.2) is 0 Å². The largest absolute Gasteiger partial charge is 0.316 e. The molecule has 0 bridgehead atoms. The van der Waals surface area contributed by atoms with Crippen LogP contribution in [0.3, 0.4) is 0 Å². The predicted molar refractivity (Wildman–Crippen MR) is 116 cm³/mol. The molecule has 3 rings (SSSR count). The van der Waals surface area contributed by atoms with E-state index in [4.69, 9.17) is 11.6 Å². The fraction of sp³-hybridized carbons (Fsp3) is 0.238. The van der Waals surface area contributed by atoms with Crippen LogP contribution < -0.4 is 4.80 Å². The highest BCUT2D eigenvalue weighted by Gasteiger charge is 2.15. The molecule has 0 saturated heterocycles. The summed E-state index contributed by atoms with van der Waals surface area (Å²) in [5.41, 5.74) is 2.80. The third-order valence-electron chi connectivity index (χ3n) is 4.16. The van der Waals surface area contributed by atoms with Crippen molar-refractivity contribution in [3.8, 4) is 11.3 Å². The van der Waals surface area contributed by atoms with Crippen LogP contribution in [-0.4, -0.2) is 10.5 Å². The summed E-state index contributed by atoms with van der Waals surface area (Å²) in [7, 11) is 0. The average molecular weight is 464 g/mol. The molecular weight excluding hydrogens is 444 g/mol. The molecule has 1 aromatic heterocycles. The first kappa shape index (κ1) is 20.1. The first-order chi connectivity index (χ1) is 13.0. The second kappa shape index (κ2) is 9.00. The maximum atomic E-state index is 12.7. The predicted octanol–water partition coefficient (Wildman–Crippen LogP) is 6.35. The number of hydrogen-bond donors (Lipinski definition) is 0. The van der Waals surface area contributed by atoms with E-state index >= 15 is 0 Å². The number of amides is 1. The van der Waals surface area contributed by atoms with Gasteiger partial charge in [0.25, 0.3) is 5.91 Å². The van der Waals surface area contributed by atoms with Crippen molar-refractivity contribution in [2.24, 2.45) is 4.99 Å². The van der Waals surface area contributed by atoms with Crippen LogP contribution in [0, 0.1) is 0 Å². The summed E-state index contributed by atoms with van der Waals surface area (Å²) in [6.07, 6.45) is 1.98. The van der Waals surface area contributed by atoms with Gasteiger partial charge in [0.2, 0.25) is 0 Å². The lowest BCUT2D eigenvalue weighted by atomic mass is 10.1. The van der Waals surface area contributed by atoms with Gasteiger partial charge in [-0.2, -0.15) is 4.99 Å². The molecule has 6 heteroatoms. The van der Waals surface area contributed by atoms with E-state index in [0.717, 1.165) is 39.9 Å². The Labute approximate surface area is 176 Å². The molecule has 0 aliphatic rings. The molecule has 27 heavy (non-hydrogen) atoms. The average Bonchev–Trinajstić information content (AvgIpc) is 2.99. The molecule has 2 aromatic carbocycles. The summed E-state index contributed by atoms with van der Waals surface area (Å²) in [6.45, 7) is 4.97. The van der Waals surface area contributed by atoms with E-state index in [1.54, 1.807) is 23.5 Å². The number of aromatic nitrogens is 1. The van der Waals surface area contributed by atoms with Crippen molar-refractivity contribution < 1.29 is 4.79 Å². The Kier molecular flexibility index (Phi) is 6.68. The van der Waals surface area contributed by atoms with Crippen LogP contribution in [-0.2, 0) is 13.0 Å². The Balaban J connectivity index is 2.14. The maximum absolute atomic E-state index is 12.7. The van der Waals surface area contributed by atoms with E-state index in [0.29, 0.717) is 10.6 Å². The second-order valence-electron chi connectivity index (χ2n) is 6.08. The monoisotopic (exact) mass is 462 g/mol. The molecule has 1 heterocycles. The molecule has 3 nitrogen and oxygen atoms in total. The summed E-state index contributed by atoms with van der Waals surface area (Å²) in [6, 6.07) is 15.2. The topological polar surface area (TPSA) is 34.4 Å². The van der Waals surface area contributed by atoms with Gasteiger partial charge in [0.15, 0.2) is 4.80 Å². The molecule has 0 aliphatic heterocycles. The number of halogens is 2. The van der Waals surface area contributed by atoms with Gasteiger partial charge in [-0.3, -0.25) is 4.79 Å². The van der Waals surface area contributed by atoms with Gasteiger partial charge in [0.05, 0.1) is 5.69 Å². The third kappa shape index (κ3) is 4.60. The van der Waals surface area contributed by atoms with E-state index in [2.05, 4.69) is 39.3 Å². The SMILES string of the molecule is CCCc1sc(=NC(=O)c2cccc(Br)c2)n(CC)c1-c1ccc(Cl)cc1. The van der Waals surface area contributed by atoms with E-state index in [1.165, 1.54) is 4.88 Å². The molecule has 0 aliphatic carbocycles. The number of aryl methyl sites for hydroxylation is 1. The minimum absolute atomic E-state index is 0.231. The molecular formula is C21H20BrClN2OS. The van der Waals surface area contributed by atoms with Crippen LogP contribution in [0.25, 0.3) is 11.3 Å². The maximum Gasteiger partial charge on any atom is 0.279 e. The molecule has 140 valence electrons. The molecule has 0 saturated carbocycles. The number of hydrogen-bond acceptors (Lipinski definition) is 2. The van der Waals surface area contributed by atoms with E-state index in [1.807, 2.05) is 36.4 Å². The highest BCUT2D eigenvalue weighted by Crippen LogP contribution is 2.28. The van der Waals surface area contributed by atoms with Crippen molar-refractivity contribution in [2.45, 2.75) is 33.2 Å². The number of nitrogens with zero attached hydrogens (tertiary/aromatic N) is 2. The lowest BCUT2D eigenvalue weighted by Gasteiger charge is -2.09. The van der Waals surface area contributed by atoms with Gasteiger partial charge in [0, 0.05) is 26.5 Å². The van der Waals surface area contributed by atoms with Crippen molar-refractivity contribution >= 4 is 44.8 Å². The third-order valence-corrected chi connectivity index (χ3v) is 6.04. The molecule has 0 N–H and O–H groups in total. The van der Waals surface area contributed by atoms with Gasteiger partial charge in [0.1, 0.15) is 0 Å². The quantitative estimate of drug-likeness (QED) is 0.434. The first-order valence-electron chi connectivity index (χ1n) is 8.86. The number of benzene rings is 2. The lowest BCUT2D eigenvalue weighted by Crippen LogP contribution is -2.17. The van der Waals surface area contributed by atoms with Gasteiger partial charge in [-0.15, -0.1) is 11.3 Å². The molecule has 3 aromatic rings. The Morgan fingerprint density at radius 1 is 1.19 bits per heavy atom. The molecule has 0 unspecified atom stereocenters. The smallest absolute Gasteiger partial charge is 0.279 e. The van der Waals surface area contributed by atoms with Gasteiger partial charge >= 0.3 is 0 Å². The van der Waals surface area contributed by atoms with Gasteiger partial charge in [-0.1, -0.05) is 59.1 Å². The fourth-order valence-corrected chi connectivity index (χ4v) is 4.77. The summed E-state index contributed by atoms with van der Waals surface area (Å²) >= 11 is 11.1. The highest BCUT2D eigenvalue weighted by atomic mass is 79.9. The minimum atomic E-state index is -0.231. The van der Waals surface area contributed by atoms with Crippen molar-refractivity contribution in [1.82, 2.24) is 4.57 Å². The highest BCUT2D eigenvalue weighted by molar-refractivity contribution is 9.10. The minimum Gasteiger partial charge on any atom is -0.316 e. The van der Waals surface area contributed by atoms with Crippen LogP contribution in [0.2, 0.25) is 5.02 Å². The van der Waals surface area contributed by atoms with E-state index < -0.39 is 0 Å². The zero-order valence-electron chi connectivity index (χ0n) is 15.2. The summed E-state index contributed by atoms with van der Waals surface area (Å²) in [5, 5.41) is 0.712. The summed E-state index contributed by atoms with van der Waals surface area (Å²) < 4.78 is 2.99. The molecule has 0 radical (unpaired) electrons. The number of carbonyl (C=O) groups excluding carboxylic acids is 1. The van der Waals surface area contributed by atoms with Crippen molar-refractivity contribution in [2.75, 3.05) is 0 Å². The van der Waals surface area contributed by atoms with Crippen LogP contribution in [0.5, 0.6) is 0 Å². The Bertz CT molecular complexity index is 1020. The van der Waals surface area contributed by atoms with Crippen LogP contribution in [0.15, 0.2) is 58.0 Å². The molecule has 0 atom stereocenters. The number of rotatable bonds is 5. The first-order valence-corrected chi connectivity index (χ1v) is 10.8. The lowest BCUT2D eigenvalue weighted by molar-refractivity contribution is 0.0997. The van der Waals surface area contributed by atoms with Crippen LogP contribution >= 0.6 is 38.9 Å². The Morgan fingerprint density at radius 2 is 1.93 bits per heavy atom. The standard InChI is InChI=1S/C21H20BrClN2OS/c1-3-6-18-19(14-9-11-17(23)12-10-14)25(4-2)21(27-18)24-20(26)15-7-5-8-16(22)13-15/h5,7-13H,3-4,6H2,1-2H3. The fourth-order valence-electron chi connectivity index (χ4n) is 2.93. The second-order valence-corrected chi connectivity index (χ2v) is 8.50. The zero-order chi connectivity index (χ0) is 19.4. The number of thiazole rings is 1. The summed E-state index contributed by atoms with van der Waals surface area (Å²) in [4.78, 5) is 19.1.